The number of hydrogen-bond acceptors (Lipinski definition) is 2. The Labute approximate surface area is 108 Å². The van der Waals surface area contributed by atoms with Crippen molar-refractivity contribution in [3.8, 4) is 0 Å². The second kappa shape index (κ2) is 4.61. The van der Waals surface area contributed by atoms with Gasteiger partial charge in [0.1, 0.15) is 6.04 Å². The minimum absolute atomic E-state index is 0.00315. The molecular formula is C12H17F4NO2. The topological polar surface area (TPSA) is 63.3 Å². The van der Waals surface area contributed by atoms with Crippen molar-refractivity contribution in [2.45, 2.75) is 50.0 Å². The van der Waals surface area contributed by atoms with Gasteiger partial charge in [-0.3, -0.25) is 4.79 Å². The van der Waals surface area contributed by atoms with Crippen LogP contribution in [0.15, 0.2) is 0 Å². The Kier molecular flexibility index (Phi) is 3.53. The zero-order valence-electron chi connectivity index (χ0n) is 10.3. The van der Waals surface area contributed by atoms with E-state index in [9.17, 15) is 22.4 Å². The first-order chi connectivity index (χ1) is 8.60. The minimum Gasteiger partial charge on any atom is -0.480 e. The molecule has 2 rings (SSSR count). The molecule has 1 unspecified atom stereocenters. The van der Waals surface area contributed by atoms with E-state index in [0.29, 0.717) is 0 Å². The summed E-state index contributed by atoms with van der Waals surface area (Å²) < 4.78 is 51.5. The highest BCUT2D eigenvalue weighted by Gasteiger charge is 2.55. The van der Waals surface area contributed by atoms with Gasteiger partial charge in [0.2, 0.25) is 11.8 Å². The summed E-state index contributed by atoms with van der Waals surface area (Å²) in [5.74, 6) is -7.90. The Morgan fingerprint density at radius 2 is 1.47 bits per heavy atom. The SMILES string of the molecule is NC(CC(C1CC(F)(F)C1)C1CC(F)(F)C1)C(=O)O. The average molecular weight is 283 g/mol. The van der Waals surface area contributed by atoms with Crippen LogP contribution in [0, 0.1) is 17.8 Å². The van der Waals surface area contributed by atoms with E-state index in [-0.39, 0.29) is 43.9 Å². The monoisotopic (exact) mass is 283 g/mol. The number of hydrogen-bond donors (Lipinski definition) is 2. The Balaban J connectivity index is 1.96. The molecule has 1 atom stereocenters. The zero-order valence-corrected chi connectivity index (χ0v) is 10.3. The van der Waals surface area contributed by atoms with Gasteiger partial charge in [-0.1, -0.05) is 0 Å². The lowest BCUT2D eigenvalue weighted by atomic mass is 9.60. The molecule has 0 spiro atoms. The van der Waals surface area contributed by atoms with Crippen LogP contribution in [0.1, 0.15) is 32.1 Å². The molecule has 0 aliphatic heterocycles. The lowest BCUT2D eigenvalue weighted by Crippen LogP contribution is -2.50. The first-order valence-electron chi connectivity index (χ1n) is 6.34. The summed E-state index contributed by atoms with van der Waals surface area (Å²) in [6.45, 7) is 0. The number of aliphatic carboxylic acids is 1. The Morgan fingerprint density at radius 3 is 1.74 bits per heavy atom. The lowest BCUT2D eigenvalue weighted by molar-refractivity contribution is -0.173. The molecule has 19 heavy (non-hydrogen) atoms. The molecule has 0 aromatic heterocycles. The van der Waals surface area contributed by atoms with E-state index >= 15 is 0 Å². The van der Waals surface area contributed by atoms with Gasteiger partial charge >= 0.3 is 5.97 Å². The lowest BCUT2D eigenvalue weighted by Gasteiger charge is -2.48. The summed E-state index contributed by atoms with van der Waals surface area (Å²) in [7, 11) is 0. The normalized spacial score (nSPS) is 27.7. The van der Waals surface area contributed by atoms with E-state index in [1.165, 1.54) is 0 Å². The number of nitrogens with two attached hydrogens (primary N) is 1. The third-order valence-electron chi connectivity index (χ3n) is 4.30. The molecule has 0 amide bonds. The van der Waals surface area contributed by atoms with Crippen molar-refractivity contribution >= 4 is 5.97 Å². The van der Waals surface area contributed by atoms with Crippen LogP contribution in [0.2, 0.25) is 0 Å². The van der Waals surface area contributed by atoms with Gasteiger partial charge in [0, 0.05) is 25.7 Å². The van der Waals surface area contributed by atoms with Crippen LogP contribution in [-0.4, -0.2) is 29.0 Å². The summed E-state index contributed by atoms with van der Waals surface area (Å²) in [5.41, 5.74) is 5.41. The molecule has 2 fully saturated rings. The molecule has 0 bridgehead atoms. The zero-order chi connectivity index (χ0) is 14.4. The molecule has 0 heterocycles. The summed E-state index contributed by atoms with van der Waals surface area (Å²) in [5, 5.41) is 8.76. The molecule has 2 aliphatic carbocycles. The molecule has 0 aromatic rings. The van der Waals surface area contributed by atoms with Gasteiger partial charge in [0.15, 0.2) is 0 Å². The van der Waals surface area contributed by atoms with E-state index in [2.05, 4.69) is 0 Å². The highest BCUT2D eigenvalue weighted by molar-refractivity contribution is 5.73. The molecule has 3 nitrogen and oxygen atoms in total. The predicted molar refractivity (Wildman–Crippen MR) is 59.1 cm³/mol. The van der Waals surface area contributed by atoms with E-state index in [0.717, 1.165) is 0 Å². The summed E-state index contributed by atoms with van der Waals surface area (Å²) in [6, 6.07) is -1.17. The highest BCUT2D eigenvalue weighted by Crippen LogP contribution is 2.55. The minimum atomic E-state index is -2.73. The fraction of sp³-hybridized carbons (Fsp3) is 0.917. The second-order valence-electron chi connectivity index (χ2n) is 5.89. The average Bonchev–Trinajstić information content (AvgIpc) is 2.18. The number of carbonyl (C=O) groups is 1. The van der Waals surface area contributed by atoms with Crippen molar-refractivity contribution in [1.82, 2.24) is 0 Å². The summed E-state index contributed by atoms with van der Waals surface area (Å²) in [4.78, 5) is 10.7. The van der Waals surface area contributed by atoms with Gasteiger partial charge in [-0.25, -0.2) is 17.6 Å². The number of halogens is 4. The fourth-order valence-electron chi connectivity index (χ4n) is 3.18. The van der Waals surface area contributed by atoms with Crippen LogP contribution in [0.4, 0.5) is 17.6 Å². The largest absolute Gasteiger partial charge is 0.480 e. The van der Waals surface area contributed by atoms with Crippen LogP contribution in [0.5, 0.6) is 0 Å². The molecule has 110 valence electrons. The van der Waals surface area contributed by atoms with Crippen LogP contribution < -0.4 is 5.73 Å². The fourth-order valence-corrected chi connectivity index (χ4v) is 3.18. The molecule has 0 radical (unpaired) electrons. The molecule has 2 saturated carbocycles. The molecule has 0 saturated heterocycles. The van der Waals surface area contributed by atoms with Crippen LogP contribution in [0.25, 0.3) is 0 Å². The summed E-state index contributed by atoms with van der Waals surface area (Å²) in [6.07, 6.45) is -1.37. The number of alkyl halides is 4. The summed E-state index contributed by atoms with van der Waals surface area (Å²) >= 11 is 0. The van der Waals surface area contributed by atoms with Crippen molar-refractivity contribution in [2.75, 3.05) is 0 Å². The van der Waals surface area contributed by atoms with Gasteiger partial charge in [0.05, 0.1) is 0 Å². The molecule has 7 heteroatoms. The quantitative estimate of drug-likeness (QED) is 0.762. The molecular weight excluding hydrogens is 266 g/mol. The molecule has 3 N–H and O–H groups in total. The van der Waals surface area contributed by atoms with Crippen LogP contribution >= 0.6 is 0 Å². The van der Waals surface area contributed by atoms with Crippen LogP contribution in [-0.2, 0) is 4.79 Å². The van der Waals surface area contributed by atoms with Crippen molar-refractivity contribution in [3.05, 3.63) is 0 Å². The van der Waals surface area contributed by atoms with Gasteiger partial charge in [-0.15, -0.1) is 0 Å². The van der Waals surface area contributed by atoms with Crippen molar-refractivity contribution in [3.63, 3.8) is 0 Å². The number of carboxylic acid groups (broad SMARTS) is 1. The first kappa shape index (κ1) is 14.6. The third-order valence-corrected chi connectivity index (χ3v) is 4.30. The van der Waals surface area contributed by atoms with Gasteiger partial charge in [-0.2, -0.15) is 0 Å². The van der Waals surface area contributed by atoms with Gasteiger partial charge in [-0.05, 0) is 24.2 Å². The number of rotatable bonds is 5. The van der Waals surface area contributed by atoms with Crippen molar-refractivity contribution in [2.24, 2.45) is 23.5 Å². The van der Waals surface area contributed by atoms with Crippen molar-refractivity contribution < 1.29 is 27.5 Å². The maximum absolute atomic E-state index is 12.9. The molecule has 0 aromatic carbocycles. The van der Waals surface area contributed by atoms with E-state index in [1.54, 1.807) is 0 Å². The standard InChI is InChI=1S/C12H17F4NO2/c13-11(14)2-6(3-11)8(1-9(17)10(18)19)7-4-12(15,16)5-7/h6-9H,1-5,17H2,(H,18,19). The third kappa shape index (κ3) is 3.19. The van der Waals surface area contributed by atoms with Crippen molar-refractivity contribution in [1.29, 1.82) is 0 Å². The molecule has 2 aliphatic rings. The maximum atomic E-state index is 12.9. The maximum Gasteiger partial charge on any atom is 0.320 e. The Morgan fingerprint density at radius 1 is 1.11 bits per heavy atom. The van der Waals surface area contributed by atoms with Gasteiger partial charge < -0.3 is 10.8 Å². The predicted octanol–water partition coefficient (Wildman–Crippen LogP) is 2.50. The first-order valence-corrected chi connectivity index (χ1v) is 6.34. The Hall–Kier alpha value is -0.850. The highest BCUT2D eigenvalue weighted by atomic mass is 19.3. The second-order valence-corrected chi connectivity index (χ2v) is 5.89. The van der Waals surface area contributed by atoms with E-state index in [4.69, 9.17) is 10.8 Å². The van der Waals surface area contributed by atoms with Gasteiger partial charge in [0.25, 0.3) is 0 Å². The Bertz CT molecular complexity index is 335. The smallest absolute Gasteiger partial charge is 0.320 e. The van der Waals surface area contributed by atoms with Crippen LogP contribution in [0.3, 0.4) is 0 Å². The van der Waals surface area contributed by atoms with E-state index in [1.807, 2.05) is 0 Å². The van der Waals surface area contributed by atoms with E-state index < -0.39 is 29.8 Å². The number of carboxylic acids is 1.